The molecule has 110 valence electrons. The maximum atomic E-state index is 6.34. The number of aromatic nitrogens is 2. The predicted octanol–water partition coefficient (Wildman–Crippen LogP) is 4.33. The van der Waals surface area contributed by atoms with Gasteiger partial charge in [-0.3, -0.25) is 0 Å². The van der Waals surface area contributed by atoms with Crippen molar-refractivity contribution in [3.63, 3.8) is 0 Å². The van der Waals surface area contributed by atoms with Crippen molar-refractivity contribution in [2.24, 2.45) is 0 Å². The summed E-state index contributed by atoms with van der Waals surface area (Å²) in [5.74, 6) is 0.881. The number of fused-ring (bicyclic) bond motifs is 1. The lowest BCUT2D eigenvalue weighted by Gasteiger charge is -2.22. The van der Waals surface area contributed by atoms with Gasteiger partial charge in [0.2, 0.25) is 0 Å². The maximum Gasteiger partial charge on any atom is 0.127 e. The topological polar surface area (TPSA) is 21.1 Å². The summed E-state index contributed by atoms with van der Waals surface area (Å²) in [6.07, 6.45) is 0. The van der Waals surface area contributed by atoms with Crippen LogP contribution in [-0.2, 0) is 6.54 Å². The van der Waals surface area contributed by atoms with E-state index in [-0.39, 0.29) is 5.38 Å². The van der Waals surface area contributed by atoms with E-state index in [9.17, 15) is 0 Å². The van der Waals surface area contributed by atoms with Crippen molar-refractivity contribution in [1.29, 1.82) is 0 Å². The van der Waals surface area contributed by atoms with E-state index in [4.69, 9.17) is 23.2 Å². The number of imidazole rings is 1. The van der Waals surface area contributed by atoms with Crippen LogP contribution in [0.2, 0.25) is 5.02 Å². The third-order valence-electron chi connectivity index (χ3n) is 3.66. The lowest BCUT2D eigenvalue weighted by molar-refractivity contribution is 0.263. The van der Waals surface area contributed by atoms with Crippen LogP contribution >= 0.6 is 23.2 Å². The molecule has 0 aliphatic rings. The van der Waals surface area contributed by atoms with E-state index in [0.29, 0.717) is 6.04 Å². The molecule has 0 radical (unpaired) electrons. The first-order valence-electron chi connectivity index (χ1n) is 6.90. The summed E-state index contributed by atoms with van der Waals surface area (Å²) in [5.41, 5.74) is 1.89. The first-order valence-corrected chi connectivity index (χ1v) is 7.72. The van der Waals surface area contributed by atoms with E-state index in [1.807, 2.05) is 25.1 Å². The Bertz CT molecular complexity index is 590. The van der Waals surface area contributed by atoms with Crippen LogP contribution in [0, 0.1) is 0 Å². The fourth-order valence-corrected chi connectivity index (χ4v) is 2.64. The van der Waals surface area contributed by atoms with Crippen LogP contribution in [0.3, 0.4) is 0 Å². The Labute approximate surface area is 130 Å². The molecule has 0 bridgehead atoms. The molecule has 0 N–H and O–H groups in total. The summed E-state index contributed by atoms with van der Waals surface area (Å²) in [7, 11) is 2.12. The van der Waals surface area contributed by atoms with Crippen LogP contribution in [0.4, 0.5) is 0 Å². The van der Waals surface area contributed by atoms with Crippen molar-refractivity contribution in [1.82, 2.24) is 14.5 Å². The number of para-hydroxylation sites is 1. The van der Waals surface area contributed by atoms with Crippen molar-refractivity contribution in [3.8, 4) is 0 Å². The Hall–Kier alpha value is -0.770. The molecule has 0 aliphatic carbocycles. The van der Waals surface area contributed by atoms with Gasteiger partial charge in [0, 0.05) is 19.1 Å². The fraction of sp³-hybridized carbons (Fsp3) is 0.533. The number of hydrogen-bond acceptors (Lipinski definition) is 2. The van der Waals surface area contributed by atoms with Crippen molar-refractivity contribution in [3.05, 3.63) is 29.0 Å². The summed E-state index contributed by atoms with van der Waals surface area (Å²) in [6.45, 7) is 8.08. The molecule has 1 unspecified atom stereocenters. The Morgan fingerprint density at radius 2 is 2.00 bits per heavy atom. The number of hydrogen-bond donors (Lipinski definition) is 0. The van der Waals surface area contributed by atoms with Gasteiger partial charge < -0.3 is 9.47 Å². The molecule has 0 fully saturated rings. The molecule has 1 atom stereocenters. The molecule has 3 nitrogen and oxygen atoms in total. The molecule has 0 aliphatic heterocycles. The van der Waals surface area contributed by atoms with Crippen molar-refractivity contribution in [2.45, 2.75) is 38.7 Å². The zero-order valence-electron chi connectivity index (χ0n) is 12.4. The number of rotatable bonds is 5. The van der Waals surface area contributed by atoms with Gasteiger partial charge in [-0.2, -0.15) is 0 Å². The van der Waals surface area contributed by atoms with Crippen molar-refractivity contribution >= 4 is 34.2 Å². The number of nitrogens with zero attached hydrogens (tertiary/aromatic N) is 3. The molecule has 2 aromatic rings. The number of benzene rings is 1. The third-order valence-corrected chi connectivity index (χ3v) is 4.16. The van der Waals surface area contributed by atoms with Crippen LogP contribution < -0.4 is 0 Å². The summed E-state index contributed by atoms with van der Waals surface area (Å²) in [5, 5.41) is 0.591. The highest BCUT2D eigenvalue weighted by molar-refractivity contribution is 6.35. The third kappa shape index (κ3) is 3.11. The molecule has 5 heteroatoms. The molecular weight excluding hydrogens is 293 g/mol. The minimum atomic E-state index is -0.136. The molecule has 1 aromatic carbocycles. The second-order valence-corrected chi connectivity index (χ2v) is 6.48. The average molecular weight is 314 g/mol. The van der Waals surface area contributed by atoms with Gasteiger partial charge >= 0.3 is 0 Å². The first kappa shape index (κ1) is 15.6. The molecule has 0 spiro atoms. The second kappa shape index (κ2) is 6.33. The summed E-state index contributed by atoms with van der Waals surface area (Å²) < 4.78 is 2.15. The summed E-state index contributed by atoms with van der Waals surface area (Å²) in [4.78, 5) is 6.92. The van der Waals surface area contributed by atoms with Gasteiger partial charge in [-0.25, -0.2) is 4.98 Å². The molecule has 0 amide bonds. The second-order valence-electron chi connectivity index (χ2n) is 5.42. The Kier molecular flexibility index (Phi) is 4.95. The molecule has 20 heavy (non-hydrogen) atoms. The highest BCUT2D eigenvalue weighted by atomic mass is 35.5. The Morgan fingerprint density at radius 1 is 1.30 bits per heavy atom. The molecule has 2 rings (SSSR count). The van der Waals surface area contributed by atoms with E-state index in [0.717, 1.165) is 35.0 Å². The lowest BCUT2D eigenvalue weighted by atomic mass is 10.3. The largest absolute Gasteiger partial charge is 0.324 e. The van der Waals surface area contributed by atoms with Crippen LogP contribution in [0.1, 0.15) is 32.0 Å². The average Bonchev–Trinajstić information content (AvgIpc) is 2.76. The molecule has 0 saturated carbocycles. The zero-order chi connectivity index (χ0) is 14.9. The van der Waals surface area contributed by atoms with E-state index >= 15 is 0 Å². The van der Waals surface area contributed by atoms with E-state index in [1.54, 1.807) is 0 Å². The van der Waals surface area contributed by atoms with Crippen LogP contribution in [0.25, 0.3) is 11.0 Å². The van der Waals surface area contributed by atoms with Gasteiger partial charge in [0.1, 0.15) is 5.82 Å². The number of alkyl halides is 1. The monoisotopic (exact) mass is 313 g/mol. The maximum absolute atomic E-state index is 6.34. The molecule has 0 saturated heterocycles. The SMILES string of the molecule is CC(Cl)c1nc2cccc(Cl)c2n1CCN(C)C(C)C. The fourth-order valence-electron chi connectivity index (χ4n) is 2.21. The summed E-state index contributed by atoms with van der Waals surface area (Å²) >= 11 is 12.6. The molecule has 1 aromatic heterocycles. The van der Waals surface area contributed by atoms with Gasteiger partial charge in [-0.1, -0.05) is 17.7 Å². The minimum absolute atomic E-state index is 0.136. The Balaban J connectivity index is 2.41. The molecular formula is C15H21Cl2N3. The van der Waals surface area contributed by atoms with Gasteiger partial charge in [-0.05, 0) is 40.0 Å². The van der Waals surface area contributed by atoms with Crippen LogP contribution in [0.5, 0.6) is 0 Å². The minimum Gasteiger partial charge on any atom is -0.324 e. The van der Waals surface area contributed by atoms with Crippen molar-refractivity contribution in [2.75, 3.05) is 13.6 Å². The van der Waals surface area contributed by atoms with E-state index < -0.39 is 0 Å². The standard InChI is InChI=1S/C15H21Cl2N3/c1-10(2)19(4)8-9-20-14-12(17)6-5-7-13(14)18-15(20)11(3)16/h5-7,10-11H,8-9H2,1-4H3. The summed E-state index contributed by atoms with van der Waals surface area (Å²) in [6, 6.07) is 6.31. The lowest BCUT2D eigenvalue weighted by Crippen LogP contribution is -2.30. The number of likely N-dealkylation sites (N-methyl/N-ethyl adjacent to an activating group) is 1. The van der Waals surface area contributed by atoms with Gasteiger partial charge in [0.05, 0.1) is 21.4 Å². The van der Waals surface area contributed by atoms with E-state index in [2.05, 4.69) is 35.3 Å². The van der Waals surface area contributed by atoms with Crippen LogP contribution in [-0.4, -0.2) is 34.1 Å². The quantitative estimate of drug-likeness (QED) is 0.766. The Morgan fingerprint density at radius 3 is 2.60 bits per heavy atom. The normalized spacial score (nSPS) is 13.6. The van der Waals surface area contributed by atoms with Gasteiger partial charge in [0.15, 0.2) is 0 Å². The van der Waals surface area contributed by atoms with Gasteiger partial charge in [0.25, 0.3) is 0 Å². The highest BCUT2D eigenvalue weighted by Crippen LogP contribution is 2.29. The molecule has 1 heterocycles. The van der Waals surface area contributed by atoms with E-state index in [1.165, 1.54) is 0 Å². The van der Waals surface area contributed by atoms with Crippen LogP contribution in [0.15, 0.2) is 18.2 Å². The smallest absolute Gasteiger partial charge is 0.127 e. The van der Waals surface area contributed by atoms with Crippen molar-refractivity contribution < 1.29 is 0 Å². The first-order chi connectivity index (χ1) is 9.41. The highest BCUT2D eigenvalue weighted by Gasteiger charge is 2.17. The van der Waals surface area contributed by atoms with Gasteiger partial charge in [-0.15, -0.1) is 11.6 Å². The number of halogens is 2. The zero-order valence-corrected chi connectivity index (χ0v) is 13.9. The predicted molar refractivity (Wildman–Crippen MR) is 86.8 cm³/mol.